The van der Waals surface area contributed by atoms with Crippen LogP contribution < -0.4 is 10.7 Å². The van der Waals surface area contributed by atoms with Gasteiger partial charge in [0.05, 0.1) is 23.4 Å². The molecule has 2 aromatic carbocycles. The minimum Gasteiger partial charge on any atom is -0.408 e. The third-order valence-corrected chi connectivity index (χ3v) is 4.41. The van der Waals surface area contributed by atoms with Gasteiger partial charge in [-0.2, -0.15) is 0 Å². The van der Waals surface area contributed by atoms with E-state index in [0.717, 1.165) is 11.0 Å². The van der Waals surface area contributed by atoms with Crippen LogP contribution in [0.25, 0.3) is 11.1 Å². The lowest BCUT2D eigenvalue weighted by Crippen LogP contribution is -2.36. The molecule has 0 aliphatic rings. The molecule has 0 spiro atoms. The van der Waals surface area contributed by atoms with Crippen LogP contribution in [0.3, 0.4) is 0 Å². The second-order valence-corrected chi connectivity index (χ2v) is 6.32. The fraction of sp³-hybridized carbons (Fsp3) is 0.0952. The standard InChI is InChI=1S/C21H15F2N3O3/c22-14-8-9-17(16(23)11-14)25(12-15-5-3-4-10-24-15)20(27)13-26-18-6-1-2-7-19(18)29-21(26)28/h1-11H,12-13H2. The van der Waals surface area contributed by atoms with E-state index in [2.05, 4.69) is 4.98 Å². The van der Waals surface area contributed by atoms with Gasteiger partial charge in [0.15, 0.2) is 5.58 Å². The highest BCUT2D eigenvalue weighted by Gasteiger charge is 2.23. The molecule has 4 aromatic rings. The Bertz CT molecular complexity index is 1230. The molecule has 29 heavy (non-hydrogen) atoms. The van der Waals surface area contributed by atoms with Crippen molar-refractivity contribution >= 4 is 22.7 Å². The quantitative estimate of drug-likeness (QED) is 0.519. The summed E-state index contributed by atoms with van der Waals surface area (Å²) in [6.07, 6.45) is 1.55. The third kappa shape index (κ3) is 3.77. The summed E-state index contributed by atoms with van der Waals surface area (Å²) in [5.41, 5.74) is 1.19. The molecule has 2 aromatic heterocycles. The van der Waals surface area contributed by atoms with Crippen LogP contribution in [0.5, 0.6) is 0 Å². The summed E-state index contributed by atoms with van der Waals surface area (Å²) in [5.74, 6) is -2.92. The molecule has 146 valence electrons. The Morgan fingerprint density at radius 1 is 1.07 bits per heavy atom. The van der Waals surface area contributed by atoms with Gasteiger partial charge in [-0.1, -0.05) is 18.2 Å². The average molecular weight is 395 g/mol. The van der Waals surface area contributed by atoms with E-state index in [-0.39, 0.29) is 18.8 Å². The van der Waals surface area contributed by atoms with Gasteiger partial charge in [-0.05, 0) is 36.4 Å². The van der Waals surface area contributed by atoms with E-state index >= 15 is 0 Å². The van der Waals surface area contributed by atoms with Crippen LogP contribution in [0.2, 0.25) is 0 Å². The number of nitrogens with zero attached hydrogens (tertiary/aromatic N) is 3. The van der Waals surface area contributed by atoms with Gasteiger partial charge < -0.3 is 9.32 Å². The topological polar surface area (TPSA) is 68.3 Å². The van der Waals surface area contributed by atoms with Crippen molar-refractivity contribution < 1.29 is 18.0 Å². The van der Waals surface area contributed by atoms with Crippen LogP contribution >= 0.6 is 0 Å². The maximum Gasteiger partial charge on any atom is 0.420 e. The van der Waals surface area contributed by atoms with Crippen molar-refractivity contribution in [1.29, 1.82) is 0 Å². The first kappa shape index (κ1) is 18.5. The second-order valence-electron chi connectivity index (χ2n) is 6.32. The number of hydrogen-bond donors (Lipinski definition) is 0. The van der Waals surface area contributed by atoms with Crippen LogP contribution in [-0.4, -0.2) is 15.5 Å². The van der Waals surface area contributed by atoms with E-state index in [1.54, 1.807) is 48.7 Å². The summed E-state index contributed by atoms with van der Waals surface area (Å²) in [6, 6.07) is 14.8. The monoisotopic (exact) mass is 395 g/mol. The largest absolute Gasteiger partial charge is 0.420 e. The number of oxazole rings is 1. The molecule has 0 radical (unpaired) electrons. The zero-order valence-electron chi connectivity index (χ0n) is 15.1. The molecule has 8 heteroatoms. The number of rotatable bonds is 5. The molecule has 1 amide bonds. The predicted molar refractivity (Wildman–Crippen MR) is 102 cm³/mol. The summed E-state index contributed by atoms with van der Waals surface area (Å²) < 4.78 is 34.1. The molecular formula is C21H15F2N3O3. The van der Waals surface area contributed by atoms with Crippen molar-refractivity contribution in [1.82, 2.24) is 9.55 Å². The number of aromatic nitrogens is 2. The Morgan fingerprint density at radius 3 is 2.62 bits per heavy atom. The molecular weight excluding hydrogens is 380 g/mol. The lowest BCUT2D eigenvalue weighted by Gasteiger charge is -2.23. The maximum atomic E-state index is 14.4. The number of benzene rings is 2. The second kappa shape index (κ2) is 7.67. The van der Waals surface area contributed by atoms with Gasteiger partial charge in [0.2, 0.25) is 5.91 Å². The lowest BCUT2D eigenvalue weighted by atomic mass is 10.2. The first-order valence-electron chi connectivity index (χ1n) is 8.76. The van der Waals surface area contributed by atoms with E-state index in [1.807, 2.05) is 0 Å². The van der Waals surface area contributed by atoms with Gasteiger partial charge in [0, 0.05) is 12.3 Å². The van der Waals surface area contributed by atoms with Gasteiger partial charge in [0.25, 0.3) is 0 Å². The van der Waals surface area contributed by atoms with Gasteiger partial charge in [-0.3, -0.25) is 14.3 Å². The molecule has 0 saturated heterocycles. The normalized spacial score (nSPS) is 11.0. The van der Waals surface area contributed by atoms with Gasteiger partial charge in [-0.25, -0.2) is 13.6 Å². The summed E-state index contributed by atoms with van der Waals surface area (Å²) in [6.45, 7) is -0.424. The smallest absolute Gasteiger partial charge is 0.408 e. The van der Waals surface area contributed by atoms with E-state index < -0.39 is 23.3 Å². The number of para-hydroxylation sites is 2. The van der Waals surface area contributed by atoms with Crippen LogP contribution in [0.1, 0.15) is 5.69 Å². The Morgan fingerprint density at radius 2 is 1.86 bits per heavy atom. The molecule has 0 unspecified atom stereocenters. The highest BCUT2D eigenvalue weighted by Crippen LogP contribution is 2.23. The fourth-order valence-corrected chi connectivity index (χ4v) is 3.05. The Balaban J connectivity index is 1.72. The first-order chi connectivity index (χ1) is 14.0. The van der Waals surface area contributed by atoms with Crippen molar-refractivity contribution in [2.75, 3.05) is 4.90 Å². The number of fused-ring (bicyclic) bond motifs is 1. The lowest BCUT2D eigenvalue weighted by molar-refractivity contribution is -0.119. The van der Waals surface area contributed by atoms with Crippen molar-refractivity contribution in [3.05, 3.63) is 94.7 Å². The minimum absolute atomic E-state index is 0.0488. The van der Waals surface area contributed by atoms with Gasteiger partial charge in [0.1, 0.15) is 18.2 Å². The van der Waals surface area contributed by atoms with E-state index in [1.165, 1.54) is 10.6 Å². The molecule has 0 bridgehead atoms. The van der Waals surface area contributed by atoms with Crippen LogP contribution in [0.15, 0.2) is 76.1 Å². The fourth-order valence-electron chi connectivity index (χ4n) is 3.05. The number of carbonyl (C=O) groups excluding carboxylic acids is 1. The van der Waals surface area contributed by atoms with E-state index in [0.29, 0.717) is 22.9 Å². The number of carbonyl (C=O) groups is 1. The minimum atomic E-state index is -0.890. The molecule has 2 heterocycles. The molecule has 4 rings (SSSR count). The molecule has 0 saturated carbocycles. The molecule has 0 aliphatic carbocycles. The van der Waals surface area contributed by atoms with Gasteiger partial charge in [-0.15, -0.1) is 0 Å². The molecule has 0 aliphatic heterocycles. The zero-order chi connectivity index (χ0) is 20.4. The number of pyridine rings is 1. The van der Waals surface area contributed by atoms with Gasteiger partial charge >= 0.3 is 5.76 Å². The van der Waals surface area contributed by atoms with Crippen molar-refractivity contribution in [3.63, 3.8) is 0 Å². The van der Waals surface area contributed by atoms with Crippen LogP contribution in [-0.2, 0) is 17.9 Å². The maximum absolute atomic E-state index is 14.4. The first-order valence-corrected chi connectivity index (χ1v) is 8.76. The van der Waals surface area contributed by atoms with Crippen molar-refractivity contribution in [3.8, 4) is 0 Å². The molecule has 0 atom stereocenters. The third-order valence-electron chi connectivity index (χ3n) is 4.41. The van der Waals surface area contributed by atoms with Crippen LogP contribution in [0, 0.1) is 11.6 Å². The zero-order valence-corrected chi connectivity index (χ0v) is 15.1. The summed E-state index contributed by atoms with van der Waals surface area (Å²) in [5, 5.41) is 0. The highest BCUT2D eigenvalue weighted by atomic mass is 19.1. The van der Waals surface area contributed by atoms with Crippen molar-refractivity contribution in [2.45, 2.75) is 13.1 Å². The summed E-state index contributed by atoms with van der Waals surface area (Å²) in [4.78, 5) is 30.6. The number of amides is 1. The Kier molecular flexibility index (Phi) is 4.90. The van der Waals surface area contributed by atoms with E-state index in [4.69, 9.17) is 4.42 Å². The SMILES string of the molecule is O=C(Cn1c(=O)oc2ccccc21)N(Cc1ccccn1)c1ccc(F)cc1F. The summed E-state index contributed by atoms with van der Waals surface area (Å²) in [7, 11) is 0. The number of halogens is 2. The molecule has 6 nitrogen and oxygen atoms in total. The predicted octanol–water partition coefficient (Wildman–Crippen LogP) is 3.50. The number of hydrogen-bond acceptors (Lipinski definition) is 4. The Hall–Kier alpha value is -3.81. The summed E-state index contributed by atoms with van der Waals surface area (Å²) >= 11 is 0. The van der Waals surface area contributed by atoms with E-state index in [9.17, 15) is 18.4 Å². The molecule has 0 N–H and O–H groups in total. The molecule has 0 fully saturated rings. The Labute approximate surface area is 163 Å². The highest BCUT2D eigenvalue weighted by molar-refractivity contribution is 5.94. The van der Waals surface area contributed by atoms with Crippen molar-refractivity contribution in [2.24, 2.45) is 0 Å². The van der Waals surface area contributed by atoms with Crippen LogP contribution in [0.4, 0.5) is 14.5 Å². The number of anilines is 1. The average Bonchev–Trinajstić information content (AvgIpc) is 3.03.